The van der Waals surface area contributed by atoms with Crippen molar-refractivity contribution in [1.29, 1.82) is 0 Å². The van der Waals surface area contributed by atoms with Crippen molar-refractivity contribution >= 4 is 16.7 Å². The van der Waals surface area contributed by atoms with E-state index < -0.39 is 0 Å². The summed E-state index contributed by atoms with van der Waals surface area (Å²) >= 11 is 0. The number of para-hydroxylation sites is 1. The minimum Gasteiger partial charge on any atom is -0.497 e. The van der Waals surface area contributed by atoms with Gasteiger partial charge in [0.05, 0.1) is 18.7 Å². The molecule has 1 atom stereocenters. The van der Waals surface area contributed by atoms with Crippen molar-refractivity contribution in [3.05, 3.63) is 60.2 Å². The van der Waals surface area contributed by atoms with Crippen LogP contribution in [0.15, 0.2) is 54.6 Å². The van der Waals surface area contributed by atoms with E-state index in [9.17, 15) is 0 Å². The minimum atomic E-state index is -0.0538. The number of hydrogen-bond acceptors (Lipinski definition) is 6. The summed E-state index contributed by atoms with van der Waals surface area (Å²) < 4.78 is 16.9. The number of pyridine rings is 1. The Balaban J connectivity index is 1.77. The summed E-state index contributed by atoms with van der Waals surface area (Å²) in [5.74, 6) is 2.35. The van der Waals surface area contributed by atoms with Gasteiger partial charge in [0, 0.05) is 31.1 Å². The number of nitrogens with one attached hydrogen (secondary N) is 1. The van der Waals surface area contributed by atoms with Crippen molar-refractivity contribution in [1.82, 2.24) is 4.98 Å². The molecule has 0 spiro atoms. The van der Waals surface area contributed by atoms with Crippen LogP contribution in [0.1, 0.15) is 12.5 Å². The maximum absolute atomic E-state index is 6.12. The third-order valence-electron chi connectivity index (χ3n) is 4.41. The predicted molar refractivity (Wildman–Crippen MR) is 112 cm³/mol. The molecular weight excluding hydrogens is 354 g/mol. The zero-order valence-corrected chi connectivity index (χ0v) is 16.4. The number of nitrogens with zero attached hydrogens (tertiary/aromatic N) is 1. The molecule has 3 aromatic rings. The SMILES string of the molecule is CCOC(CN)CNc1cc(OCc2ccc(OC)cc2)c2ccccc2n1. The number of aromatic nitrogens is 1. The van der Waals surface area contributed by atoms with Crippen LogP contribution < -0.4 is 20.5 Å². The van der Waals surface area contributed by atoms with Crippen molar-refractivity contribution in [2.24, 2.45) is 5.73 Å². The van der Waals surface area contributed by atoms with Gasteiger partial charge in [-0.3, -0.25) is 0 Å². The van der Waals surface area contributed by atoms with Gasteiger partial charge in [0.15, 0.2) is 0 Å². The average Bonchev–Trinajstić information content (AvgIpc) is 2.75. The second-order valence-corrected chi connectivity index (χ2v) is 6.35. The molecule has 0 aliphatic heterocycles. The van der Waals surface area contributed by atoms with Gasteiger partial charge in [-0.25, -0.2) is 4.98 Å². The normalized spacial score (nSPS) is 12.0. The van der Waals surface area contributed by atoms with Crippen LogP contribution in [-0.2, 0) is 11.3 Å². The Labute approximate surface area is 165 Å². The second-order valence-electron chi connectivity index (χ2n) is 6.35. The lowest BCUT2D eigenvalue weighted by atomic mass is 10.2. The van der Waals surface area contributed by atoms with Gasteiger partial charge in [0.1, 0.15) is 23.9 Å². The fourth-order valence-corrected chi connectivity index (χ4v) is 2.90. The van der Waals surface area contributed by atoms with Crippen LogP contribution in [0.3, 0.4) is 0 Å². The summed E-state index contributed by atoms with van der Waals surface area (Å²) in [5, 5.41) is 4.29. The summed E-state index contributed by atoms with van der Waals surface area (Å²) in [6.07, 6.45) is -0.0538. The fourth-order valence-electron chi connectivity index (χ4n) is 2.90. The average molecular weight is 381 g/mol. The molecule has 0 aliphatic carbocycles. The molecule has 2 aromatic carbocycles. The van der Waals surface area contributed by atoms with E-state index in [-0.39, 0.29) is 6.10 Å². The van der Waals surface area contributed by atoms with Gasteiger partial charge in [0.2, 0.25) is 0 Å². The number of methoxy groups -OCH3 is 1. The van der Waals surface area contributed by atoms with E-state index in [4.69, 9.17) is 19.9 Å². The first-order valence-electron chi connectivity index (χ1n) is 9.44. The number of fused-ring (bicyclic) bond motifs is 1. The summed E-state index contributed by atoms with van der Waals surface area (Å²) in [6.45, 7) is 4.09. The van der Waals surface area contributed by atoms with Crippen molar-refractivity contribution in [3.63, 3.8) is 0 Å². The molecule has 3 rings (SSSR count). The Morgan fingerprint density at radius 1 is 1.11 bits per heavy atom. The third-order valence-corrected chi connectivity index (χ3v) is 4.41. The van der Waals surface area contributed by atoms with Crippen LogP contribution >= 0.6 is 0 Å². The number of anilines is 1. The van der Waals surface area contributed by atoms with E-state index in [1.165, 1.54) is 0 Å². The van der Waals surface area contributed by atoms with Crippen LogP contribution in [0.25, 0.3) is 10.9 Å². The van der Waals surface area contributed by atoms with Crippen LogP contribution in [-0.4, -0.2) is 37.9 Å². The van der Waals surface area contributed by atoms with Gasteiger partial charge >= 0.3 is 0 Å². The largest absolute Gasteiger partial charge is 0.497 e. The molecule has 0 bridgehead atoms. The maximum atomic E-state index is 6.12. The molecule has 1 heterocycles. The highest BCUT2D eigenvalue weighted by Gasteiger charge is 2.10. The Hall–Kier alpha value is -2.83. The number of benzene rings is 2. The first-order chi connectivity index (χ1) is 13.7. The monoisotopic (exact) mass is 381 g/mol. The third kappa shape index (κ3) is 5.12. The second kappa shape index (κ2) is 9.92. The van der Waals surface area contributed by atoms with Crippen LogP contribution in [0.4, 0.5) is 5.82 Å². The van der Waals surface area contributed by atoms with Crippen LogP contribution in [0.2, 0.25) is 0 Å². The molecule has 0 saturated heterocycles. The van der Waals surface area contributed by atoms with Gasteiger partial charge in [-0.15, -0.1) is 0 Å². The molecule has 0 fully saturated rings. The minimum absolute atomic E-state index is 0.0538. The lowest BCUT2D eigenvalue weighted by Gasteiger charge is -2.17. The van der Waals surface area contributed by atoms with E-state index in [2.05, 4.69) is 10.3 Å². The van der Waals surface area contributed by atoms with Gasteiger partial charge in [-0.05, 0) is 36.8 Å². The summed E-state index contributed by atoms with van der Waals surface area (Å²) in [6, 6.07) is 17.7. The van der Waals surface area contributed by atoms with E-state index in [0.717, 1.165) is 33.8 Å². The highest BCUT2D eigenvalue weighted by atomic mass is 16.5. The van der Waals surface area contributed by atoms with Gasteiger partial charge in [0.25, 0.3) is 0 Å². The molecule has 6 nitrogen and oxygen atoms in total. The molecule has 0 radical (unpaired) electrons. The maximum Gasteiger partial charge on any atom is 0.132 e. The lowest BCUT2D eigenvalue weighted by molar-refractivity contribution is 0.0781. The highest BCUT2D eigenvalue weighted by molar-refractivity contribution is 5.86. The molecular formula is C22H27N3O3. The fraction of sp³-hybridized carbons (Fsp3) is 0.318. The quantitative estimate of drug-likeness (QED) is 0.559. The predicted octanol–water partition coefficient (Wildman–Crippen LogP) is 3.60. The lowest BCUT2D eigenvalue weighted by Crippen LogP contribution is -2.31. The molecule has 148 valence electrons. The standard InChI is InChI=1S/C22H27N3O3/c1-3-27-18(13-23)14-24-22-12-21(19-6-4-5-7-20(19)25-22)28-15-16-8-10-17(26-2)11-9-16/h4-12,18H,3,13-15,23H2,1-2H3,(H,24,25). The first kappa shape index (κ1) is 19.9. The molecule has 3 N–H and O–H groups in total. The van der Waals surface area contributed by atoms with E-state index in [1.807, 2.05) is 61.5 Å². The van der Waals surface area contributed by atoms with Crippen molar-refractivity contribution in [3.8, 4) is 11.5 Å². The van der Waals surface area contributed by atoms with Crippen molar-refractivity contribution in [2.75, 3.05) is 32.1 Å². The zero-order valence-electron chi connectivity index (χ0n) is 16.4. The van der Waals surface area contributed by atoms with Crippen molar-refractivity contribution in [2.45, 2.75) is 19.6 Å². The van der Waals surface area contributed by atoms with Gasteiger partial charge in [-0.2, -0.15) is 0 Å². The molecule has 1 aromatic heterocycles. The molecule has 28 heavy (non-hydrogen) atoms. The Morgan fingerprint density at radius 2 is 1.89 bits per heavy atom. The van der Waals surface area contributed by atoms with E-state index in [0.29, 0.717) is 26.3 Å². The zero-order chi connectivity index (χ0) is 19.8. The molecule has 0 amide bonds. The highest BCUT2D eigenvalue weighted by Crippen LogP contribution is 2.28. The Morgan fingerprint density at radius 3 is 2.61 bits per heavy atom. The summed E-state index contributed by atoms with van der Waals surface area (Å²) in [5.41, 5.74) is 7.70. The van der Waals surface area contributed by atoms with Gasteiger partial charge < -0.3 is 25.3 Å². The molecule has 0 aliphatic rings. The topological polar surface area (TPSA) is 78.6 Å². The van der Waals surface area contributed by atoms with Gasteiger partial charge in [-0.1, -0.05) is 24.3 Å². The summed E-state index contributed by atoms with van der Waals surface area (Å²) in [4.78, 5) is 4.68. The first-order valence-corrected chi connectivity index (χ1v) is 9.44. The summed E-state index contributed by atoms with van der Waals surface area (Å²) in [7, 11) is 1.66. The number of hydrogen-bond donors (Lipinski definition) is 2. The smallest absolute Gasteiger partial charge is 0.132 e. The van der Waals surface area contributed by atoms with Crippen LogP contribution in [0.5, 0.6) is 11.5 Å². The molecule has 0 saturated carbocycles. The number of ether oxygens (including phenoxy) is 3. The van der Waals surface area contributed by atoms with E-state index in [1.54, 1.807) is 7.11 Å². The number of nitrogens with two attached hydrogens (primary N) is 1. The van der Waals surface area contributed by atoms with Crippen molar-refractivity contribution < 1.29 is 14.2 Å². The van der Waals surface area contributed by atoms with E-state index >= 15 is 0 Å². The van der Waals surface area contributed by atoms with Crippen LogP contribution in [0, 0.1) is 0 Å². The number of rotatable bonds is 10. The molecule has 6 heteroatoms. The Kier molecular flexibility index (Phi) is 7.06. The molecule has 1 unspecified atom stereocenters. The Bertz CT molecular complexity index is 884.